The van der Waals surface area contributed by atoms with Crippen LogP contribution in [0.5, 0.6) is 0 Å². The first-order valence-corrected chi connectivity index (χ1v) is 4.83. The van der Waals surface area contributed by atoms with Crippen LogP contribution in [-0.2, 0) is 4.94 Å². The van der Waals surface area contributed by atoms with E-state index in [1.807, 2.05) is 0 Å². The molecule has 0 aromatic carbocycles. The van der Waals surface area contributed by atoms with Gasteiger partial charge in [-0.05, 0) is 17.9 Å². The second-order valence-electron chi connectivity index (χ2n) is 3.52. The van der Waals surface area contributed by atoms with Gasteiger partial charge in [0.25, 0.3) is 0 Å². The normalized spacial score (nSPS) is 36.9. The Kier molecular flexibility index (Phi) is 2.85. The molecule has 84 valence electrons. The van der Waals surface area contributed by atoms with Crippen LogP contribution in [0.25, 0.3) is 0 Å². The van der Waals surface area contributed by atoms with E-state index in [1.54, 1.807) is 19.1 Å². The van der Waals surface area contributed by atoms with Gasteiger partial charge in [-0.25, -0.2) is 0 Å². The molecule has 0 bridgehead atoms. The van der Waals surface area contributed by atoms with Crippen molar-refractivity contribution in [2.45, 2.75) is 19.4 Å². The molecule has 0 amide bonds. The van der Waals surface area contributed by atoms with E-state index in [0.717, 1.165) is 0 Å². The molecular weight excluding hydrogens is 202 g/mol. The maximum absolute atomic E-state index is 11.4. The van der Waals surface area contributed by atoms with Gasteiger partial charge in [0.2, 0.25) is 11.7 Å². The van der Waals surface area contributed by atoms with Crippen molar-refractivity contribution < 1.29 is 20.5 Å². The van der Waals surface area contributed by atoms with Crippen LogP contribution >= 0.6 is 0 Å². The van der Waals surface area contributed by atoms with E-state index in [4.69, 9.17) is 0 Å². The lowest BCUT2D eigenvalue weighted by molar-refractivity contribution is -1.26. The Balaban J connectivity index is 2.18. The van der Waals surface area contributed by atoms with Crippen molar-refractivity contribution in [1.82, 2.24) is 0 Å². The molecule has 0 spiro atoms. The summed E-state index contributed by atoms with van der Waals surface area (Å²) >= 11 is 0. The van der Waals surface area contributed by atoms with Crippen LogP contribution in [0.2, 0.25) is 0 Å². The molecule has 1 saturated heterocycles. The molecule has 4 atom stereocenters. The van der Waals surface area contributed by atoms with Gasteiger partial charge in [-0.2, -0.15) is 5.23 Å². The Morgan fingerprint density at radius 3 is 3.00 bits per heavy atom. The van der Waals surface area contributed by atoms with Crippen molar-refractivity contribution in [3.8, 4) is 0 Å². The third kappa shape index (κ3) is 1.82. The quantitative estimate of drug-likeness (QED) is 0.330. The van der Waals surface area contributed by atoms with Crippen LogP contribution in [0.1, 0.15) is 13.3 Å². The average molecular weight is 215 g/mol. The van der Waals surface area contributed by atoms with Gasteiger partial charge in [-0.3, -0.25) is 0 Å². The van der Waals surface area contributed by atoms with Crippen molar-refractivity contribution in [3.05, 3.63) is 39.2 Å². The Morgan fingerprint density at radius 1 is 1.60 bits per heavy atom. The van der Waals surface area contributed by atoms with E-state index in [2.05, 4.69) is 4.94 Å². The van der Waals surface area contributed by atoms with E-state index in [9.17, 15) is 15.6 Å². The van der Waals surface area contributed by atoms with E-state index in [1.165, 1.54) is 0 Å². The number of rotatable bonds is 2. The van der Waals surface area contributed by atoms with Gasteiger partial charge in [0.1, 0.15) is 5.70 Å². The summed E-state index contributed by atoms with van der Waals surface area (Å²) in [6.45, 7) is 2.17. The molecular formula is C8H13N3O4. The van der Waals surface area contributed by atoms with Crippen molar-refractivity contribution in [3.63, 3.8) is 0 Å². The number of allylic oxidation sites excluding steroid dienone is 1. The van der Waals surface area contributed by atoms with Crippen LogP contribution in [0.4, 0.5) is 0 Å². The Bertz CT molecular complexity index is 317. The zero-order chi connectivity index (χ0) is 11.0. The van der Waals surface area contributed by atoms with Crippen LogP contribution in [-0.4, -0.2) is 12.6 Å². The fourth-order valence-corrected chi connectivity index (χ4v) is 1.76. The topological polar surface area (TPSA) is 91.7 Å². The highest BCUT2D eigenvalue weighted by molar-refractivity contribution is 5.18. The number of quaternary nitrogens is 3. The lowest BCUT2D eigenvalue weighted by Gasteiger charge is -2.25. The number of hydrogen-bond donors (Lipinski definition) is 3. The van der Waals surface area contributed by atoms with Crippen molar-refractivity contribution in [2.75, 3.05) is 6.54 Å². The van der Waals surface area contributed by atoms with Gasteiger partial charge in [0.05, 0.1) is 6.54 Å². The fourth-order valence-electron chi connectivity index (χ4n) is 1.76. The zero-order valence-electron chi connectivity index (χ0n) is 8.28. The Labute approximate surface area is 86.4 Å². The first-order valence-electron chi connectivity index (χ1n) is 4.83. The minimum atomic E-state index is -0.656. The lowest BCUT2D eigenvalue weighted by Crippen LogP contribution is -3.17. The highest BCUT2D eigenvalue weighted by Crippen LogP contribution is 2.10. The first-order chi connectivity index (χ1) is 7.13. The van der Waals surface area contributed by atoms with Crippen molar-refractivity contribution >= 4 is 0 Å². The maximum atomic E-state index is 11.4. The molecule has 2 aliphatic rings. The molecule has 7 heteroatoms. The smallest absolute Gasteiger partial charge is 0.224 e. The SMILES string of the molecule is CC[NH+]([O-])C1=CC2C(=CC1)[NH+]([O-])O[NH+]2[O-]. The van der Waals surface area contributed by atoms with Gasteiger partial charge in [-0.1, -0.05) is 0 Å². The summed E-state index contributed by atoms with van der Waals surface area (Å²) in [6, 6.07) is -0.656. The predicted octanol–water partition coefficient (Wildman–Crippen LogP) is -3.45. The van der Waals surface area contributed by atoms with Gasteiger partial charge in [0, 0.05) is 12.5 Å². The summed E-state index contributed by atoms with van der Waals surface area (Å²) in [6.07, 6.45) is 3.58. The van der Waals surface area contributed by atoms with Gasteiger partial charge >= 0.3 is 0 Å². The molecule has 7 nitrogen and oxygen atoms in total. The molecule has 3 N–H and O–H groups in total. The van der Waals surface area contributed by atoms with Crippen molar-refractivity contribution in [1.29, 1.82) is 0 Å². The molecule has 1 heterocycles. The molecule has 0 radical (unpaired) electrons. The van der Waals surface area contributed by atoms with Crippen LogP contribution < -0.4 is 15.5 Å². The largest absolute Gasteiger partial charge is 0.629 e. The number of nitrogens with one attached hydrogen (secondary N) is 3. The molecule has 1 fully saturated rings. The molecule has 1 aliphatic carbocycles. The summed E-state index contributed by atoms with van der Waals surface area (Å²) in [7, 11) is 0. The third-order valence-corrected chi connectivity index (χ3v) is 2.61. The van der Waals surface area contributed by atoms with E-state index in [0.29, 0.717) is 24.4 Å². The number of hydrogen-bond acceptors (Lipinski definition) is 4. The predicted molar refractivity (Wildman–Crippen MR) is 49.2 cm³/mol. The second kappa shape index (κ2) is 3.99. The molecule has 0 saturated carbocycles. The molecule has 15 heavy (non-hydrogen) atoms. The van der Waals surface area contributed by atoms with Crippen LogP contribution in [0, 0.1) is 15.6 Å². The summed E-state index contributed by atoms with van der Waals surface area (Å²) in [5.41, 5.74) is 0.963. The fraction of sp³-hybridized carbons (Fsp3) is 0.500. The summed E-state index contributed by atoms with van der Waals surface area (Å²) in [4.78, 5) is 4.47. The van der Waals surface area contributed by atoms with E-state index >= 15 is 0 Å². The van der Waals surface area contributed by atoms with Crippen LogP contribution in [0.3, 0.4) is 0 Å². The van der Waals surface area contributed by atoms with Crippen molar-refractivity contribution in [2.24, 2.45) is 0 Å². The molecule has 0 aromatic rings. The highest BCUT2D eigenvalue weighted by atomic mass is 17.1. The number of fused-ring (bicyclic) bond motifs is 1. The van der Waals surface area contributed by atoms with E-state index < -0.39 is 16.5 Å². The Hall–Kier alpha value is -0.800. The molecule has 4 unspecified atom stereocenters. The highest BCUT2D eigenvalue weighted by Gasteiger charge is 2.40. The lowest BCUT2D eigenvalue weighted by atomic mass is 10.0. The minimum Gasteiger partial charge on any atom is -0.629 e. The molecule has 2 rings (SSSR count). The zero-order valence-corrected chi connectivity index (χ0v) is 8.28. The first kappa shape index (κ1) is 10.7. The molecule has 0 aromatic heterocycles. The van der Waals surface area contributed by atoms with Gasteiger partial charge in [-0.15, -0.1) is 5.23 Å². The monoisotopic (exact) mass is 215 g/mol. The standard InChI is InChI=1S/C8H13N3O4/c1-2-9(12)6-3-4-7-8(5-6)11(14)15-10(7)13/h4-5,8-11H,2-3H2,1H3. The second-order valence-corrected chi connectivity index (χ2v) is 3.52. The maximum Gasteiger partial charge on any atom is 0.224 e. The minimum absolute atomic E-state index is 0.0115. The Morgan fingerprint density at radius 2 is 2.33 bits per heavy atom. The summed E-state index contributed by atoms with van der Waals surface area (Å²) in [5.74, 6) is 0. The third-order valence-electron chi connectivity index (χ3n) is 2.61. The van der Waals surface area contributed by atoms with E-state index in [-0.39, 0.29) is 5.06 Å². The van der Waals surface area contributed by atoms with Gasteiger partial charge < -0.3 is 20.7 Å². The van der Waals surface area contributed by atoms with Gasteiger partial charge in [0.15, 0.2) is 0 Å². The molecule has 1 aliphatic heterocycles. The number of hydroxylamine groups is 6. The summed E-state index contributed by atoms with van der Waals surface area (Å²) in [5, 5.41) is 32.6. The van der Waals surface area contributed by atoms with Crippen LogP contribution in [0.15, 0.2) is 23.5 Å². The average Bonchev–Trinajstić information content (AvgIpc) is 2.53. The summed E-state index contributed by atoms with van der Waals surface area (Å²) < 4.78 is 0.